The summed E-state index contributed by atoms with van der Waals surface area (Å²) in [5, 5.41) is 13.0. The van der Waals surface area contributed by atoms with E-state index in [1.54, 1.807) is 12.3 Å². The van der Waals surface area contributed by atoms with E-state index in [4.69, 9.17) is 11.0 Å². The predicted octanol–water partition coefficient (Wildman–Crippen LogP) is 0.791. The highest BCUT2D eigenvalue weighted by atomic mass is 32.1. The second kappa shape index (κ2) is 5.82. The van der Waals surface area contributed by atoms with Gasteiger partial charge in [-0.1, -0.05) is 6.07 Å². The van der Waals surface area contributed by atoms with Gasteiger partial charge < -0.3 is 10.6 Å². The van der Waals surface area contributed by atoms with Gasteiger partial charge in [-0.2, -0.15) is 10.4 Å². The van der Waals surface area contributed by atoms with Crippen LogP contribution in [-0.4, -0.2) is 25.4 Å². The summed E-state index contributed by atoms with van der Waals surface area (Å²) in [4.78, 5) is 1.88. The van der Waals surface area contributed by atoms with Gasteiger partial charge in [0.25, 0.3) is 0 Å². The van der Waals surface area contributed by atoms with E-state index in [0.29, 0.717) is 5.56 Å². The first-order valence-electron chi connectivity index (χ1n) is 4.84. The van der Waals surface area contributed by atoms with Gasteiger partial charge in [0, 0.05) is 14.1 Å². The van der Waals surface area contributed by atoms with E-state index in [1.165, 1.54) is 0 Å². The number of nitriles is 1. The van der Waals surface area contributed by atoms with Crippen molar-refractivity contribution in [1.82, 2.24) is 5.43 Å². The van der Waals surface area contributed by atoms with Crippen molar-refractivity contribution in [3.05, 3.63) is 29.3 Å². The number of hydrogen-bond acceptors (Lipinski definition) is 4. The average molecular weight is 247 g/mol. The maximum absolute atomic E-state index is 9.03. The van der Waals surface area contributed by atoms with Gasteiger partial charge in [0.05, 0.1) is 17.5 Å². The molecule has 0 atom stereocenters. The Hall–Kier alpha value is -2.13. The zero-order valence-electron chi connectivity index (χ0n) is 9.64. The number of hydrogen-bond donors (Lipinski definition) is 2. The van der Waals surface area contributed by atoms with E-state index in [2.05, 4.69) is 28.8 Å². The van der Waals surface area contributed by atoms with Crippen LogP contribution in [0.5, 0.6) is 0 Å². The molecule has 6 heteroatoms. The van der Waals surface area contributed by atoms with Crippen molar-refractivity contribution in [2.75, 3.05) is 19.0 Å². The molecule has 17 heavy (non-hydrogen) atoms. The molecule has 0 aliphatic carbocycles. The van der Waals surface area contributed by atoms with Crippen molar-refractivity contribution < 1.29 is 0 Å². The molecule has 88 valence electrons. The van der Waals surface area contributed by atoms with Crippen molar-refractivity contribution in [3.8, 4) is 6.07 Å². The van der Waals surface area contributed by atoms with Crippen LogP contribution in [0.4, 0.5) is 5.69 Å². The van der Waals surface area contributed by atoms with Crippen LogP contribution in [0.15, 0.2) is 23.3 Å². The third-order valence-corrected chi connectivity index (χ3v) is 2.10. The Labute approximate surface area is 106 Å². The Morgan fingerprint density at radius 3 is 2.82 bits per heavy atom. The molecule has 0 spiro atoms. The molecule has 1 aromatic carbocycles. The number of benzene rings is 1. The Kier molecular flexibility index (Phi) is 4.43. The summed E-state index contributed by atoms with van der Waals surface area (Å²) in [6.07, 6.45) is 1.56. The molecule has 0 radical (unpaired) electrons. The number of hydrazone groups is 1. The normalized spacial score (nSPS) is 9.94. The van der Waals surface area contributed by atoms with E-state index in [0.717, 1.165) is 11.3 Å². The summed E-state index contributed by atoms with van der Waals surface area (Å²) >= 11 is 4.61. The van der Waals surface area contributed by atoms with Crippen LogP contribution in [0, 0.1) is 11.3 Å². The Morgan fingerprint density at radius 2 is 2.29 bits per heavy atom. The molecule has 0 fully saturated rings. The quantitative estimate of drug-likeness (QED) is 0.469. The Morgan fingerprint density at radius 1 is 1.59 bits per heavy atom. The highest BCUT2D eigenvalue weighted by Crippen LogP contribution is 2.18. The lowest BCUT2D eigenvalue weighted by atomic mass is 10.1. The first-order valence-corrected chi connectivity index (χ1v) is 5.25. The van der Waals surface area contributed by atoms with E-state index in [9.17, 15) is 0 Å². The molecule has 0 saturated carbocycles. The number of rotatable bonds is 3. The topological polar surface area (TPSA) is 77.4 Å². The molecule has 0 aromatic heterocycles. The summed E-state index contributed by atoms with van der Waals surface area (Å²) in [7, 11) is 3.77. The Balaban J connectivity index is 2.95. The van der Waals surface area contributed by atoms with Crippen LogP contribution in [-0.2, 0) is 0 Å². The van der Waals surface area contributed by atoms with E-state index in [-0.39, 0.29) is 5.11 Å². The van der Waals surface area contributed by atoms with E-state index >= 15 is 0 Å². The molecule has 0 unspecified atom stereocenters. The molecule has 0 aliphatic heterocycles. The third-order valence-electron chi connectivity index (χ3n) is 2.01. The third kappa shape index (κ3) is 3.74. The summed E-state index contributed by atoms with van der Waals surface area (Å²) in [6.45, 7) is 0. The van der Waals surface area contributed by atoms with E-state index in [1.807, 2.05) is 31.1 Å². The Bertz CT molecular complexity index is 487. The second-order valence-electron chi connectivity index (χ2n) is 3.52. The van der Waals surface area contributed by atoms with E-state index < -0.39 is 0 Å². The maximum Gasteiger partial charge on any atom is 0.184 e. The zero-order valence-corrected chi connectivity index (χ0v) is 10.5. The number of anilines is 1. The fourth-order valence-corrected chi connectivity index (χ4v) is 1.34. The predicted molar refractivity (Wildman–Crippen MR) is 73.0 cm³/mol. The fourth-order valence-electron chi connectivity index (χ4n) is 1.28. The van der Waals surface area contributed by atoms with Crippen LogP contribution in [0.3, 0.4) is 0 Å². The van der Waals surface area contributed by atoms with Crippen molar-refractivity contribution in [2.45, 2.75) is 0 Å². The maximum atomic E-state index is 9.03. The minimum absolute atomic E-state index is 0.103. The number of nitrogens with two attached hydrogens (primary N) is 1. The number of nitrogens with zero attached hydrogens (tertiary/aromatic N) is 3. The molecule has 3 N–H and O–H groups in total. The van der Waals surface area contributed by atoms with Crippen molar-refractivity contribution in [3.63, 3.8) is 0 Å². The van der Waals surface area contributed by atoms with Crippen molar-refractivity contribution in [1.29, 1.82) is 5.26 Å². The van der Waals surface area contributed by atoms with Crippen molar-refractivity contribution in [2.24, 2.45) is 10.8 Å². The molecule has 0 bridgehead atoms. The monoisotopic (exact) mass is 247 g/mol. The highest BCUT2D eigenvalue weighted by molar-refractivity contribution is 7.80. The standard InChI is InChI=1S/C11H13N5S/c1-16(2)10-4-3-8(5-9(10)6-12)7-14-15-11(13)17/h3-5,7H,1-2H3,(H3,13,15,17)/b14-7-. The summed E-state index contributed by atoms with van der Waals surface area (Å²) in [5.74, 6) is 0. The summed E-state index contributed by atoms with van der Waals surface area (Å²) < 4.78 is 0. The molecule has 0 amide bonds. The molecular formula is C11H13N5S. The van der Waals surface area contributed by atoms with Crippen LogP contribution < -0.4 is 16.1 Å². The van der Waals surface area contributed by atoms with Gasteiger partial charge in [-0.25, -0.2) is 0 Å². The fraction of sp³-hybridized carbons (Fsp3) is 0.182. The largest absolute Gasteiger partial charge is 0.377 e. The van der Waals surface area contributed by atoms with Crippen LogP contribution in [0.25, 0.3) is 0 Å². The van der Waals surface area contributed by atoms with Gasteiger partial charge in [-0.15, -0.1) is 0 Å². The first kappa shape index (κ1) is 12.9. The van der Waals surface area contributed by atoms with Gasteiger partial charge in [-0.3, -0.25) is 5.43 Å². The highest BCUT2D eigenvalue weighted by Gasteiger charge is 2.04. The van der Waals surface area contributed by atoms with Gasteiger partial charge in [0.2, 0.25) is 0 Å². The summed E-state index contributed by atoms with van der Waals surface area (Å²) in [6, 6.07) is 7.62. The molecule has 1 rings (SSSR count). The first-order chi connectivity index (χ1) is 8.04. The van der Waals surface area contributed by atoms with Gasteiger partial charge in [-0.05, 0) is 29.9 Å². The molecule has 0 saturated heterocycles. The van der Waals surface area contributed by atoms with Crippen molar-refractivity contribution >= 4 is 29.2 Å². The lowest BCUT2D eigenvalue weighted by Gasteiger charge is -2.14. The smallest absolute Gasteiger partial charge is 0.184 e. The molecule has 5 nitrogen and oxygen atoms in total. The van der Waals surface area contributed by atoms with Gasteiger partial charge in [0.1, 0.15) is 6.07 Å². The van der Waals surface area contributed by atoms with Gasteiger partial charge >= 0.3 is 0 Å². The van der Waals surface area contributed by atoms with Crippen LogP contribution >= 0.6 is 12.2 Å². The van der Waals surface area contributed by atoms with Crippen LogP contribution in [0.2, 0.25) is 0 Å². The SMILES string of the molecule is CN(C)c1ccc(/C=N\NC(N)=S)cc1C#N. The average Bonchev–Trinajstić information content (AvgIpc) is 2.28. The number of thiocarbonyl (C=S) groups is 1. The summed E-state index contributed by atoms with van der Waals surface area (Å²) in [5.41, 5.74) is 9.94. The number of nitrogens with one attached hydrogen (secondary N) is 1. The lowest BCUT2D eigenvalue weighted by Crippen LogP contribution is -2.24. The molecule has 0 heterocycles. The zero-order chi connectivity index (χ0) is 12.8. The molecule has 1 aromatic rings. The molecule has 0 aliphatic rings. The van der Waals surface area contributed by atoms with Crippen LogP contribution in [0.1, 0.15) is 11.1 Å². The lowest BCUT2D eigenvalue weighted by molar-refractivity contribution is 1.04. The molecular weight excluding hydrogens is 234 g/mol. The second-order valence-corrected chi connectivity index (χ2v) is 3.96. The minimum Gasteiger partial charge on any atom is -0.377 e. The minimum atomic E-state index is 0.103. The van der Waals surface area contributed by atoms with Gasteiger partial charge in [0.15, 0.2) is 5.11 Å².